The number of imidazole rings is 1. The highest BCUT2D eigenvalue weighted by Crippen LogP contribution is 2.22. The molecule has 3 heterocycles. The Bertz CT molecular complexity index is 1010. The number of hydrogen-bond acceptors (Lipinski definition) is 5. The molecule has 9 heteroatoms. The third-order valence-corrected chi connectivity index (χ3v) is 4.40. The van der Waals surface area contributed by atoms with Gasteiger partial charge in [-0.1, -0.05) is 24.6 Å². The summed E-state index contributed by atoms with van der Waals surface area (Å²) in [7, 11) is 1.63. The van der Waals surface area contributed by atoms with Gasteiger partial charge in [0.1, 0.15) is 16.5 Å². The summed E-state index contributed by atoms with van der Waals surface area (Å²) in [5.41, 5.74) is 0.715. The van der Waals surface area contributed by atoms with Crippen molar-refractivity contribution in [2.24, 2.45) is 0 Å². The van der Waals surface area contributed by atoms with Gasteiger partial charge < -0.3 is 9.72 Å². The minimum atomic E-state index is -0.457. The van der Waals surface area contributed by atoms with E-state index in [1.54, 1.807) is 19.4 Å². The number of pyridine rings is 1. The van der Waals surface area contributed by atoms with Crippen molar-refractivity contribution in [1.82, 2.24) is 24.5 Å². The van der Waals surface area contributed by atoms with E-state index in [4.69, 9.17) is 16.3 Å². The summed E-state index contributed by atoms with van der Waals surface area (Å²) in [6.45, 7) is 2.45. The van der Waals surface area contributed by atoms with Gasteiger partial charge in [-0.3, -0.25) is 14.3 Å². The lowest BCUT2D eigenvalue weighted by Crippen LogP contribution is -2.30. The number of halogens is 1. The SMILES string of the molecule is CCCn1c(=O)[nH]c(=O)c2[nH]c(CC[C@H](OC)c3ccc(Cl)nc3)nc21. The van der Waals surface area contributed by atoms with Crippen molar-refractivity contribution in [1.29, 1.82) is 0 Å². The normalized spacial score (nSPS) is 12.6. The molecule has 0 amide bonds. The fourth-order valence-electron chi connectivity index (χ4n) is 2.90. The number of nitrogens with one attached hydrogen (secondary N) is 2. The standard InChI is InChI=1S/C17H20ClN5O3/c1-3-8-23-15-14(16(24)22-17(23)25)20-13(21-15)7-5-11(26-2)10-4-6-12(18)19-9-10/h4,6,9,11H,3,5,7-8H2,1-2H3,(H,20,21)(H,22,24,25)/t11-/m0/s1. The number of aromatic nitrogens is 5. The molecule has 0 aliphatic carbocycles. The molecule has 0 aromatic carbocycles. The van der Waals surface area contributed by atoms with Crippen molar-refractivity contribution in [2.75, 3.05) is 7.11 Å². The van der Waals surface area contributed by atoms with Gasteiger partial charge in [0.25, 0.3) is 5.56 Å². The average molecular weight is 378 g/mol. The quantitative estimate of drug-likeness (QED) is 0.614. The Kier molecular flexibility index (Phi) is 5.53. The number of rotatable bonds is 7. The van der Waals surface area contributed by atoms with Crippen LogP contribution in [-0.4, -0.2) is 31.6 Å². The minimum absolute atomic E-state index is 0.177. The summed E-state index contributed by atoms with van der Waals surface area (Å²) in [5, 5.41) is 0.425. The topological polar surface area (TPSA) is 106 Å². The number of fused-ring (bicyclic) bond motifs is 1. The minimum Gasteiger partial charge on any atom is -0.377 e. The number of nitrogens with zero attached hydrogens (tertiary/aromatic N) is 3. The Balaban J connectivity index is 1.85. The zero-order chi connectivity index (χ0) is 18.7. The molecule has 0 saturated heterocycles. The summed E-state index contributed by atoms with van der Waals surface area (Å²) in [4.78, 5) is 37.9. The van der Waals surface area contributed by atoms with Crippen molar-refractivity contribution in [3.63, 3.8) is 0 Å². The first-order valence-electron chi connectivity index (χ1n) is 8.39. The highest BCUT2D eigenvalue weighted by atomic mass is 35.5. The maximum absolute atomic E-state index is 12.0. The van der Waals surface area contributed by atoms with E-state index in [1.807, 2.05) is 13.0 Å². The third kappa shape index (κ3) is 3.71. The van der Waals surface area contributed by atoms with Crippen LogP contribution in [0.15, 0.2) is 27.9 Å². The number of methoxy groups -OCH3 is 1. The first-order valence-corrected chi connectivity index (χ1v) is 8.77. The molecule has 138 valence electrons. The van der Waals surface area contributed by atoms with Crippen molar-refractivity contribution >= 4 is 22.8 Å². The van der Waals surface area contributed by atoms with E-state index in [2.05, 4.69) is 19.9 Å². The Hall–Kier alpha value is -2.45. The number of aryl methyl sites for hydroxylation is 2. The van der Waals surface area contributed by atoms with Crippen LogP contribution in [-0.2, 0) is 17.7 Å². The lowest BCUT2D eigenvalue weighted by atomic mass is 10.1. The van der Waals surface area contributed by atoms with Gasteiger partial charge in [-0.25, -0.2) is 14.8 Å². The molecular weight excluding hydrogens is 358 g/mol. The van der Waals surface area contributed by atoms with Gasteiger partial charge in [0.05, 0.1) is 6.10 Å². The van der Waals surface area contributed by atoms with Crippen LogP contribution in [0.5, 0.6) is 0 Å². The molecule has 0 aliphatic heterocycles. The van der Waals surface area contributed by atoms with Crippen LogP contribution in [0.4, 0.5) is 0 Å². The third-order valence-electron chi connectivity index (χ3n) is 4.18. The van der Waals surface area contributed by atoms with Crippen LogP contribution in [0.2, 0.25) is 5.15 Å². The molecule has 3 aromatic heterocycles. The van der Waals surface area contributed by atoms with Crippen molar-refractivity contribution < 1.29 is 4.74 Å². The van der Waals surface area contributed by atoms with Crippen LogP contribution >= 0.6 is 11.6 Å². The Morgan fingerprint density at radius 1 is 1.31 bits per heavy atom. The van der Waals surface area contributed by atoms with Crippen LogP contribution in [0, 0.1) is 0 Å². The van der Waals surface area contributed by atoms with Gasteiger partial charge in [-0.05, 0) is 24.5 Å². The van der Waals surface area contributed by atoms with Crippen LogP contribution in [0.3, 0.4) is 0 Å². The molecule has 1 atom stereocenters. The van der Waals surface area contributed by atoms with Gasteiger partial charge in [0.2, 0.25) is 0 Å². The van der Waals surface area contributed by atoms with Crippen LogP contribution < -0.4 is 11.2 Å². The van der Waals surface area contributed by atoms with Gasteiger partial charge >= 0.3 is 5.69 Å². The van der Waals surface area contributed by atoms with E-state index in [0.717, 1.165) is 12.0 Å². The van der Waals surface area contributed by atoms with Gasteiger partial charge in [0, 0.05) is 26.3 Å². The van der Waals surface area contributed by atoms with Crippen LogP contribution in [0.25, 0.3) is 11.2 Å². The molecule has 2 N–H and O–H groups in total. The Morgan fingerprint density at radius 2 is 2.12 bits per heavy atom. The predicted molar refractivity (Wildman–Crippen MR) is 98.6 cm³/mol. The molecule has 0 aliphatic rings. The number of aromatic amines is 2. The maximum atomic E-state index is 12.0. The molecule has 26 heavy (non-hydrogen) atoms. The molecule has 3 aromatic rings. The number of hydrogen-bond donors (Lipinski definition) is 2. The summed E-state index contributed by atoms with van der Waals surface area (Å²) in [6.07, 6.45) is 3.45. The molecule has 0 fully saturated rings. The van der Waals surface area contributed by atoms with Crippen molar-refractivity contribution in [2.45, 2.75) is 38.8 Å². The average Bonchev–Trinajstić information content (AvgIpc) is 3.05. The van der Waals surface area contributed by atoms with E-state index in [-0.39, 0.29) is 6.10 Å². The molecule has 3 rings (SSSR count). The van der Waals surface area contributed by atoms with E-state index in [9.17, 15) is 9.59 Å². The molecular formula is C17H20ClN5O3. The van der Waals surface area contributed by atoms with E-state index < -0.39 is 11.2 Å². The maximum Gasteiger partial charge on any atom is 0.330 e. The lowest BCUT2D eigenvalue weighted by Gasteiger charge is -2.14. The molecule has 0 saturated carbocycles. The zero-order valence-electron chi connectivity index (χ0n) is 14.6. The summed E-state index contributed by atoms with van der Waals surface area (Å²) in [6, 6.07) is 3.58. The first-order chi connectivity index (χ1) is 12.5. The van der Waals surface area contributed by atoms with Crippen molar-refractivity contribution in [3.8, 4) is 0 Å². The van der Waals surface area contributed by atoms with Crippen LogP contribution in [0.1, 0.15) is 37.3 Å². The molecule has 8 nitrogen and oxygen atoms in total. The fourth-order valence-corrected chi connectivity index (χ4v) is 3.02. The van der Waals surface area contributed by atoms with E-state index in [1.165, 1.54) is 4.57 Å². The Morgan fingerprint density at radius 3 is 2.77 bits per heavy atom. The zero-order valence-corrected chi connectivity index (χ0v) is 15.3. The monoisotopic (exact) mass is 377 g/mol. The van der Waals surface area contributed by atoms with Gasteiger partial charge in [0.15, 0.2) is 5.65 Å². The summed E-state index contributed by atoms with van der Waals surface area (Å²) < 4.78 is 7.01. The summed E-state index contributed by atoms with van der Waals surface area (Å²) in [5.74, 6) is 0.630. The van der Waals surface area contributed by atoms with E-state index in [0.29, 0.717) is 41.5 Å². The van der Waals surface area contributed by atoms with Gasteiger partial charge in [-0.2, -0.15) is 0 Å². The second-order valence-corrected chi connectivity index (χ2v) is 6.36. The highest BCUT2D eigenvalue weighted by molar-refractivity contribution is 6.29. The smallest absolute Gasteiger partial charge is 0.330 e. The number of H-pyrrole nitrogens is 2. The molecule has 0 bridgehead atoms. The number of ether oxygens (including phenoxy) is 1. The Labute approximate surface area is 154 Å². The van der Waals surface area contributed by atoms with E-state index >= 15 is 0 Å². The molecule has 0 radical (unpaired) electrons. The predicted octanol–water partition coefficient (Wildman–Crippen LogP) is 2.19. The second-order valence-electron chi connectivity index (χ2n) is 5.97. The molecule has 0 spiro atoms. The highest BCUT2D eigenvalue weighted by Gasteiger charge is 2.15. The second kappa shape index (κ2) is 7.84. The lowest BCUT2D eigenvalue weighted by molar-refractivity contribution is 0.0952. The fraction of sp³-hybridized carbons (Fsp3) is 0.412. The van der Waals surface area contributed by atoms with Crippen molar-refractivity contribution in [3.05, 3.63) is 55.7 Å². The summed E-state index contributed by atoms with van der Waals surface area (Å²) >= 11 is 5.82. The molecule has 0 unspecified atom stereocenters. The van der Waals surface area contributed by atoms with Gasteiger partial charge in [-0.15, -0.1) is 0 Å². The largest absolute Gasteiger partial charge is 0.377 e. The first kappa shape index (κ1) is 18.3.